The van der Waals surface area contributed by atoms with Gasteiger partial charge in [-0.2, -0.15) is 0 Å². The van der Waals surface area contributed by atoms with Gasteiger partial charge < -0.3 is 9.47 Å². The van der Waals surface area contributed by atoms with E-state index in [9.17, 15) is 0 Å². The fourth-order valence-corrected chi connectivity index (χ4v) is 16.6. The summed E-state index contributed by atoms with van der Waals surface area (Å²) in [7, 11) is 0. The number of rotatable bonds is 12. The lowest BCUT2D eigenvalue weighted by Gasteiger charge is -2.29. The molecule has 0 amide bonds. The number of hydrogen-bond donors (Lipinski definition) is 0. The zero-order valence-corrected chi connectivity index (χ0v) is 55.6. The van der Waals surface area contributed by atoms with Gasteiger partial charge in [-0.15, -0.1) is 0 Å². The van der Waals surface area contributed by atoms with Crippen LogP contribution < -0.4 is 4.90 Å². The first-order chi connectivity index (χ1) is 48.1. The van der Waals surface area contributed by atoms with E-state index in [2.05, 4.69) is 383 Å². The Hall–Kier alpha value is -11.8. The van der Waals surface area contributed by atoms with Crippen molar-refractivity contribution >= 4 is 34.0 Å². The standard InChI is InChI=1S/C96H72N2/c1-95(2)89-43-19-17-41-83(89)87-61-88-86-42-18-20-44-93(86)98(94(88)62-92(87)95)82-46-48-85-84-47-45-81(59-90(84)96(3,4)91(85)60-82)97(79-39-23-37-71(57-79)67-33-21-35-69(49-67)77-53-73(63-25-9-5-10-26-63)51-74(54-77)64-27-11-6-12-28-64)80-40-24-38-72(58-80)68-34-22-36-70(50-68)78-55-75(65-29-13-7-14-30-65)52-76(56-78)66-31-15-8-16-32-66/h5-60,62,87H,61H2,1-4H3. The van der Waals surface area contributed by atoms with Crippen molar-refractivity contribution < 1.29 is 0 Å². The molecule has 2 heteroatoms. The third kappa shape index (κ3) is 10.1. The van der Waals surface area contributed by atoms with E-state index in [1.54, 1.807) is 0 Å². The molecule has 0 saturated carbocycles. The van der Waals surface area contributed by atoms with Gasteiger partial charge in [-0.1, -0.05) is 270 Å². The van der Waals surface area contributed by atoms with Crippen LogP contribution in [0.25, 0.3) is 123 Å². The van der Waals surface area contributed by atoms with Crippen molar-refractivity contribution in [1.29, 1.82) is 0 Å². The summed E-state index contributed by atoms with van der Waals surface area (Å²) in [5.74, 6) is 0.378. The SMILES string of the molecule is CC1(C)C2=Cc3c(c4ccccc4n3-c3ccc4c(c3)C(C)(C)c3cc(N(c5cccc(-c6cccc(-c7cc(-c8ccccc8)cc(-c8ccccc8)c7)c6)c5)c5cccc(-c6cccc(-c7cc(-c8ccccc8)cc(-c8ccccc8)c7)c6)c5)ccc3-4)CC2c2ccccc21. The first kappa shape index (κ1) is 58.7. The van der Waals surface area contributed by atoms with E-state index in [-0.39, 0.29) is 10.8 Å². The van der Waals surface area contributed by atoms with E-state index in [4.69, 9.17) is 0 Å². The maximum absolute atomic E-state index is 2.57. The van der Waals surface area contributed by atoms with Crippen molar-refractivity contribution in [2.45, 2.75) is 50.9 Å². The molecule has 0 fully saturated rings. The molecule has 0 radical (unpaired) electrons. The molecule has 0 bridgehead atoms. The molecule has 1 atom stereocenters. The van der Waals surface area contributed by atoms with Crippen molar-refractivity contribution in [3.63, 3.8) is 0 Å². The Morgan fingerprint density at radius 1 is 0.296 bits per heavy atom. The predicted octanol–water partition coefficient (Wildman–Crippen LogP) is 25.8. The van der Waals surface area contributed by atoms with E-state index in [0.29, 0.717) is 5.92 Å². The van der Waals surface area contributed by atoms with Gasteiger partial charge in [-0.3, -0.25) is 0 Å². The molecule has 0 N–H and O–H groups in total. The summed E-state index contributed by atoms with van der Waals surface area (Å²) in [4.78, 5) is 2.48. The average Bonchev–Trinajstić information content (AvgIpc) is 1.55. The van der Waals surface area contributed by atoms with Crippen LogP contribution >= 0.6 is 0 Å². The zero-order chi connectivity index (χ0) is 65.6. The highest BCUT2D eigenvalue weighted by Gasteiger charge is 2.44. The van der Waals surface area contributed by atoms with Gasteiger partial charge in [-0.05, 0) is 244 Å². The summed E-state index contributed by atoms with van der Waals surface area (Å²) < 4.78 is 2.57. The van der Waals surface area contributed by atoms with Gasteiger partial charge in [0.05, 0.1) is 11.2 Å². The van der Waals surface area contributed by atoms with Crippen LogP contribution in [0.4, 0.5) is 17.1 Å². The predicted molar refractivity (Wildman–Crippen MR) is 413 cm³/mol. The second-order valence-electron chi connectivity index (χ2n) is 28.0. The number of nitrogens with zero attached hydrogens (tertiary/aromatic N) is 2. The lowest BCUT2D eigenvalue weighted by atomic mass is 9.76. The molecule has 2 nitrogen and oxygen atoms in total. The monoisotopic (exact) mass is 1250 g/mol. The van der Waals surface area contributed by atoms with E-state index in [1.807, 2.05) is 0 Å². The first-order valence-corrected chi connectivity index (χ1v) is 34.5. The Labute approximate surface area is 575 Å². The van der Waals surface area contributed by atoms with Crippen LogP contribution in [-0.4, -0.2) is 4.57 Å². The highest BCUT2D eigenvalue weighted by Crippen LogP contribution is 2.57. The van der Waals surface area contributed by atoms with E-state index in [1.165, 1.54) is 134 Å². The summed E-state index contributed by atoms with van der Waals surface area (Å²) in [6, 6.07) is 126. The van der Waals surface area contributed by atoms with Crippen LogP contribution in [0.1, 0.15) is 67.1 Å². The fraction of sp³-hybridized carbons (Fsp3) is 0.0833. The second-order valence-corrected chi connectivity index (χ2v) is 28.0. The van der Waals surface area contributed by atoms with Crippen LogP contribution in [0, 0.1) is 0 Å². The summed E-state index contributed by atoms with van der Waals surface area (Å²) >= 11 is 0. The summed E-state index contributed by atoms with van der Waals surface area (Å²) in [6.07, 6.45) is 3.56. The van der Waals surface area contributed by atoms with Crippen molar-refractivity contribution in [2.75, 3.05) is 4.90 Å². The van der Waals surface area contributed by atoms with Crippen LogP contribution in [0.5, 0.6) is 0 Å². The number of benzene rings is 14. The van der Waals surface area contributed by atoms with Gasteiger partial charge >= 0.3 is 0 Å². The average molecular weight is 1250 g/mol. The molecule has 0 spiro atoms. The molecule has 3 aliphatic rings. The Balaban J connectivity index is 0.751. The molecule has 3 aliphatic carbocycles. The van der Waals surface area contributed by atoms with E-state index in [0.717, 1.165) is 45.7 Å². The molecule has 1 unspecified atom stereocenters. The number of anilines is 3. The van der Waals surface area contributed by atoms with Crippen molar-refractivity contribution in [3.05, 3.63) is 379 Å². The third-order valence-corrected chi connectivity index (χ3v) is 21.5. The fourth-order valence-electron chi connectivity index (χ4n) is 16.6. The van der Waals surface area contributed by atoms with Gasteiger partial charge in [0.25, 0.3) is 0 Å². The maximum atomic E-state index is 2.57. The number of para-hydroxylation sites is 1. The molecular weight excluding hydrogens is 1180 g/mol. The summed E-state index contributed by atoms with van der Waals surface area (Å²) in [6.45, 7) is 9.71. The molecule has 1 heterocycles. The maximum Gasteiger partial charge on any atom is 0.0537 e. The quantitative estimate of drug-likeness (QED) is 0.118. The number of aromatic nitrogens is 1. The van der Waals surface area contributed by atoms with Crippen LogP contribution in [0.15, 0.2) is 345 Å². The van der Waals surface area contributed by atoms with Crippen molar-refractivity contribution in [2.24, 2.45) is 0 Å². The van der Waals surface area contributed by atoms with Crippen LogP contribution in [-0.2, 0) is 17.3 Å². The second kappa shape index (κ2) is 23.5. The van der Waals surface area contributed by atoms with Gasteiger partial charge in [0.2, 0.25) is 0 Å². The minimum absolute atomic E-state index is 0.0557. The molecule has 15 aromatic rings. The third-order valence-electron chi connectivity index (χ3n) is 21.5. The van der Waals surface area contributed by atoms with Gasteiger partial charge in [0, 0.05) is 44.9 Å². The molecule has 98 heavy (non-hydrogen) atoms. The molecular formula is C96H72N2. The van der Waals surface area contributed by atoms with Crippen LogP contribution in [0.3, 0.4) is 0 Å². The zero-order valence-electron chi connectivity index (χ0n) is 55.6. The molecule has 14 aromatic carbocycles. The molecule has 0 saturated heterocycles. The Kier molecular flexibility index (Phi) is 14.1. The lowest BCUT2D eigenvalue weighted by molar-refractivity contribution is 0.613. The van der Waals surface area contributed by atoms with Crippen molar-refractivity contribution in [1.82, 2.24) is 4.57 Å². The Bertz CT molecular complexity index is 5320. The normalized spacial score (nSPS) is 14.4. The van der Waals surface area contributed by atoms with Crippen molar-refractivity contribution in [3.8, 4) is 106 Å². The number of fused-ring (bicyclic) bond motifs is 9. The minimum Gasteiger partial charge on any atom is -0.310 e. The van der Waals surface area contributed by atoms with E-state index < -0.39 is 0 Å². The summed E-state index contributed by atoms with van der Waals surface area (Å²) in [5.41, 5.74) is 36.6. The van der Waals surface area contributed by atoms with E-state index >= 15 is 0 Å². The molecule has 1 aromatic heterocycles. The Morgan fingerprint density at radius 3 is 1.18 bits per heavy atom. The van der Waals surface area contributed by atoms with Gasteiger partial charge in [-0.25, -0.2) is 0 Å². The largest absolute Gasteiger partial charge is 0.310 e. The summed E-state index contributed by atoms with van der Waals surface area (Å²) in [5, 5.41) is 1.35. The topological polar surface area (TPSA) is 8.17 Å². The minimum atomic E-state index is -0.328. The van der Waals surface area contributed by atoms with Gasteiger partial charge in [0.15, 0.2) is 0 Å². The molecule has 466 valence electrons. The smallest absolute Gasteiger partial charge is 0.0537 e. The number of allylic oxidation sites excluding steroid dienone is 1. The van der Waals surface area contributed by atoms with Crippen LogP contribution in [0.2, 0.25) is 0 Å². The highest BCUT2D eigenvalue weighted by atomic mass is 15.1. The highest BCUT2D eigenvalue weighted by molar-refractivity contribution is 5.95. The Morgan fingerprint density at radius 2 is 0.673 bits per heavy atom. The molecule has 0 aliphatic heterocycles. The van der Waals surface area contributed by atoms with Gasteiger partial charge in [0.1, 0.15) is 0 Å². The number of hydrogen-bond acceptors (Lipinski definition) is 1. The molecule has 18 rings (SSSR count). The first-order valence-electron chi connectivity index (χ1n) is 34.5. The lowest BCUT2D eigenvalue weighted by Crippen LogP contribution is -2.20.